The van der Waals surface area contributed by atoms with Gasteiger partial charge < -0.3 is 14.3 Å². The van der Waals surface area contributed by atoms with Crippen molar-refractivity contribution in [1.82, 2.24) is 0 Å². The topological polar surface area (TPSA) is 55.8 Å². The summed E-state index contributed by atoms with van der Waals surface area (Å²) in [6, 6.07) is 9.13. The molecule has 0 amide bonds. The van der Waals surface area contributed by atoms with E-state index in [1.807, 2.05) is 27.7 Å². The van der Waals surface area contributed by atoms with Crippen molar-refractivity contribution in [2.24, 2.45) is 0 Å². The van der Waals surface area contributed by atoms with Crippen LogP contribution in [-0.4, -0.2) is 25.5 Å². The summed E-state index contributed by atoms with van der Waals surface area (Å²) in [7, 11) is -1.95. The van der Waals surface area contributed by atoms with E-state index < -0.39 is 14.3 Å². The molecule has 0 spiro atoms. The minimum atomic E-state index is -1.95. The Bertz CT molecular complexity index is 885. The zero-order valence-electron chi connectivity index (χ0n) is 19.1. The van der Waals surface area contributed by atoms with Crippen LogP contribution >= 0.6 is 0 Å². The highest BCUT2D eigenvalue weighted by molar-refractivity contribution is 6.74. The van der Waals surface area contributed by atoms with Crippen LogP contribution in [0.1, 0.15) is 56.1 Å². The summed E-state index contributed by atoms with van der Waals surface area (Å²) in [5.74, 6) is 0.612. The molecule has 5 heteroatoms. The van der Waals surface area contributed by atoms with Gasteiger partial charge in [0.25, 0.3) is 0 Å². The third-order valence-electron chi connectivity index (χ3n) is 5.54. The first-order chi connectivity index (χ1) is 13.2. The Morgan fingerprint density at radius 1 is 1.03 bits per heavy atom. The van der Waals surface area contributed by atoms with Crippen molar-refractivity contribution in [1.29, 1.82) is 0 Å². The summed E-state index contributed by atoms with van der Waals surface area (Å²) in [6.07, 6.45) is -0.00812. The van der Waals surface area contributed by atoms with Crippen LogP contribution in [0.5, 0.6) is 11.5 Å². The van der Waals surface area contributed by atoms with Crippen LogP contribution in [-0.2, 0) is 0 Å². The molecule has 0 saturated carbocycles. The average Bonchev–Trinajstić information content (AvgIpc) is 2.53. The third kappa shape index (κ3) is 5.21. The monoisotopic (exact) mass is 414 g/mol. The van der Waals surface area contributed by atoms with E-state index in [9.17, 15) is 9.90 Å². The molecule has 0 aliphatic heterocycles. The van der Waals surface area contributed by atoms with Crippen molar-refractivity contribution in [2.45, 2.75) is 72.7 Å². The highest BCUT2D eigenvalue weighted by Crippen LogP contribution is 2.41. The molecule has 1 N–H and O–H groups in total. The van der Waals surface area contributed by atoms with Crippen LogP contribution in [0, 0.1) is 13.8 Å². The molecule has 0 aliphatic carbocycles. The Labute approximate surface area is 176 Å². The predicted molar refractivity (Wildman–Crippen MR) is 122 cm³/mol. The maximum Gasteiger partial charge on any atom is 0.335 e. The van der Waals surface area contributed by atoms with E-state index in [0.29, 0.717) is 5.75 Å². The fourth-order valence-electron chi connectivity index (χ4n) is 3.07. The minimum absolute atomic E-state index is 0.00812. The zero-order valence-corrected chi connectivity index (χ0v) is 20.1. The number of aromatic carboxylic acids is 1. The molecule has 0 aromatic heterocycles. The van der Waals surface area contributed by atoms with Gasteiger partial charge in [0.15, 0.2) is 0 Å². The molecule has 0 saturated heterocycles. The van der Waals surface area contributed by atoms with Gasteiger partial charge in [-0.25, -0.2) is 4.79 Å². The van der Waals surface area contributed by atoms with E-state index >= 15 is 0 Å². The van der Waals surface area contributed by atoms with E-state index in [1.54, 1.807) is 18.2 Å². The summed E-state index contributed by atoms with van der Waals surface area (Å²) in [5, 5.41) is 9.57. The molecule has 0 unspecified atom stereocenters. The van der Waals surface area contributed by atoms with Crippen LogP contribution in [0.3, 0.4) is 0 Å². The summed E-state index contributed by atoms with van der Waals surface area (Å²) in [4.78, 5) is 11.5. The van der Waals surface area contributed by atoms with Gasteiger partial charge in [-0.2, -0.15) is 0 Å². The van der Waals surface area contributed by atoms with E-state index in [2.05, 4.69) is 46.0 Å². The molecule has 0 aliphatic rings. The van der Waals surface area contributed by atoms with Crippen LogP contribution in [0.2, 0.25) is 18.1 Å². The normalized spacial score (nSPS) is 12.2. The molecule has 0 heterocycles. The summed E-state index contributed by atoms with van der Waals surface area (Å²) < 4.78 is 12.5. The minimum Gasteiger partial charge on any atom is -0.543 e. The van der Waals surface area contributed by atoms with Gasteiger partial charge in [0.1, 0.15) is 11.5 Å². The largest absolute Gasteiger partial charge is 0.543 e. The quantitative estimate of drug-likeness (QED) is 0.526. The first-order valence-electron chi connectivity index (χ1n) is 10.1. The molecule has 158 valence electrons. The van der Waals surface area contributed by atoms with Gasteiger partial charge in [-0.3, -0.25) is 0 Å². The van der Waals surface area contributed by atoms with Crippen LogP contribution < -0.4 is 9.16 Å². The molecule has 0 radical (unpaired) electrons. The van der Waals surface area contributed by atoms with Crippen LogP contribution in [0.15, 0.2) is 30.3 Å². The molecule has 4 nitrogen and oxygen atoms in total. The fourth-order valence-corrected chi connectivity index (χ4v) is 4.08. The number of benzene rings is 2. The Hall–Kier alpha value is -2.27. The standard InChI is InChI=1S/C24H34O4Si/c1-15(2)27-21-11-10-18(23(25)26)14-20(21)22-16(3)12-19(13-17(22)4)28-29(8,9)24(5,6)7/h10-15H,1-9H3,(H,25,26). The van der Waals surface area contributed by atoms with Crippen molar-refractivity contribution in [3.05, 3.63) is 47.0 Å². The maximum absolute atomic E-state index is 11.5. The molecule has 0 bridgehead atoms. The smallest absolute Gasteiger partial charge is 0.335 e. The van der Waals surface area contributed by atoms with Crippen LogP contribution in [0.4, 0.5) is 0 Å². The van der Waals surface area contributed by atoms with E-state index in [1.165, 1.54) is 0 Å². The van der Waals surface area contributed by atoms with Crippen molar-refractivity contribution < 1.29 is 19.1 Å². The van der Waals surface area contributed by atoms with Crippen LogP contribution in [0.25, 0.3) is 11.1 Å². The number of rotatable bonds is 6. The number of ether oxygens (including phenoxy) is 1. The second-order valence-electron chi connectivity index (χ2n) is 9.48. The zero-order chi connectivity index (χ0) is 22.1. The molecule has 29 heavy (non-hydrogen) atoms. The Balaban J connectivity index is 2.59. The lowest BCUT2D eigenvalue weighted by Gasteiger charge is -2.36. The van der Waals surface area contributed by atoms with E-state index in [-0.39, 0.29) is 16.7 Å². The van der Waals surface area contributed by atoms with Gasteiger partial charge >= 0.3 is 5.97 Å². The Kier molecular flexibility index (Phi) is 6.53. The van der Waals surface area contributed by atoms with Gasteiger partial charge in [-0.15, -0.1) is 0 Å². The first kappa shape index (κ1) is 23.0. The van der Waals surface area contributed by atoms with Gasteiger partial charge in [-0.1, -0.05) is 20.8 Å². The summed E-state index contributed by atoms with van der Waals surface area (Å²) in [5.41, 5.74) is 4.11. The molecular formula is C24H34O4Si. The lowest BCUT2D eigenvalue weighted by molar-refractivity contribution is 0.0697. The molecule has 2 rings (SSSR count). The molecular weight excluding hydrogens is 380 g/mol. The van der Waals surface area contributed by atoms with Crippen molar-refractivity contribution in [3.63, 3.8) is 0 Å². The lowest BCUT2D eigenvalue weighted by atomic mass is 9.93. The van der Waals surface area contributed by atoms with Gasteiger partial charge in [-0.05, 0) is 92.8 Å². The number of carboxylic acids is 1. The summed E-state index contributed by atoms with van der Waals surface area (Å²) >= 11 is 0. The number of carboxylic acid groups (broad SMARTS) is 1. The Morgan fingerprint density at radius 2 is 1.59 bits per heavy atom. The number of aryl methyl sites for hydroxylation is 2. The Morgan fingerprint density at radius 3 is 2.03 bits per heavy atom. The second-order valence-corrected chi connectivity index (χ2v) is 14.2. The van der Waals surface area contributed by atoms with Crippen molar-refractivity contribution in [2.75, 3.05) is 0 Å². The molecule has 2 aromatic carbocycles. The molecule has 0 atom stereocenters. The van der Waals surface area contributed by atoms with Gasteiger partial charge in [0.05, 0.1) is 11.7 Å². The molecule has 2 aromatic rings. The summed E-state index contributed by atoms with van der Waals surface area (Å²) in [6.45, 7) is 19.1. The number of hydrogen-bond acceptors (Lipinski definition) is 3. The third-order valence-corrected chi connectivity index (χ3v) is 9.90. The van der Waals surface area contributed by atoms with Crippen molar-refractivity contribution >= 4 is 14.3 Å². The second kappa shape index (κ2) is 8.23. The SMILES string of the molecule is Cc1cc(O[Si](C)(C)C(C)(C)C)cc(C)c1-c1cc(C(=O)O)ccc1OC(C)C. The highest BCUT2D eigenvalue weighted by Gasteiger charge is 2.39. The van der Waals surface area contributed by atoms with E-state index in [4.69, 9.17) is 9.16 Å². The van der Waals surface area contributed by atoms with Crippen molar-refractivity contribution in [3.8, 4) is 22.6 Å². The number of hydrogen-bond donors (Lipinski definition) is 1. The molecule has 0 fully saturated rings. The maximum atomic E-state index is 11.5. The fraction of sp³-hybridized carbons (Fsp3) is 0.458. The number of carbonyl (C=O) groups is 1. The highest BCUT2D eigenvalue weighted by atomic mass is 28.4. The lowest BCUT2D eigenvalue weighted by Crippen LogP contribution is -2.43. The first-order valence-corrected chi connectivity index (χ1v) is 13.0. The van der Waals surface area contributed by atoms with E-state index in [0.717, 1.165) is 28.0 Å². The average molecular weight is 415 g/mol. The predicted octanol–water partition coefficient (Wildman–Crippen LogP) is 6.84. The van der Waals surface area contributed by atoms with Gasteiger partial charge in [0.2, 0.25) is 8.32 Å². The van der Waals surface area contributed by atoms with Gasteiger partial charge in [0, 0.05) is 5.56 Å².